The lowest BCUT2D eigenvalue weighted by molar-refractivity contribution is -0.136. The largest absolute Gasteiger partial charge is 0.495 e. The van der Waals surface area contributed by atoms with Crippen LogP contribution in [-0.2, 0) is 9.59 Å². The van der Waals surface area contributed by atoms with Gasteiger partial charge < -0.3 is 25.0 Å². The normalized spacial score (nSPS) is 14.1. The molecule has 1 aliphatic heterocycles. The second-order valence-electron chi connectivity index (χ2n) is 6.91. The maximum atomic E-state index is 12.1. The van der Waals surface area contributed by atoms with Crippen molar-refractivity contribution in [2.75, 3.05) is 63.7 Å². The number of piperazine rings is 1. The molecular formula is C22H28N4O4. The molecule has 3 rings (SSSR count). The number of para-hydroxylation sites is 4. The van der Waals surface area contributed by atoms with E-state index in [4.69, 9.17) is 9.47 Å². The van der Waals surface area contributed by atoms with Crippen molar-refractivity contribution < 1.29 is 19.1 Å². The number of hydrogen-bond acceptors (Lipinski definition) is 6. The van der Waals surface area contributed by atoms with Crippen LogP contribution in [0.2, 0.25) is 0 Å². The number of carbonyl (C=O) groups excluding carboxylic acids is 2. The highest BCUT2D eigenvalue weighted by Gasteiger charge is 2.20. The molecule has 160 valence electrons. The number of benzene rings is 2. The molecule has 1 fully saturated rings. The number of carbonyl (C=O) groups is 2. The maximum Gasteiger partial charge on any atom is 0.313 e. The van der Waals surface area contributed by atoms with E-state index in [-0.39, 0.29) is 0 Å². The Morgan fingerprint density at radius 2 is 1.50 bits per heavy atom. The van der Waals surface area contributed by atoms with Gasteiger partial charge in [0.1, 0.15) is 11.5 Å². The van der Waals surface area contributed by atoms with Crippen molar-refractivity contribution in [2.24, 2.45) is 0 Å². The van der Waals surface area contributed by atoms with Crippen molar-refractivity contribution in [2.45, 2.75) is 0 Å². The molecule has 0 aromatic heterocycles. The monoisotopic (exact) mass is 412 g/mol. The zero-order valence-corrected chi connectivity index (χ0v) is 17.4. The summed E-state index contributed by atoms with van der Waals surface area (Å²) < 4.78 is 10.6. The van der Waals surface area contributed by atoms with Gasteiger partial charge in [-0.25, -0.2) is 0 Å². The first-order chi connectivity index (χ1) is 14.6. The quantitative estimate of drug-likeness (QED) is 0.672. The Kier molecular flexibility index (Phi) is 7.51. The summed E-state index contributed by atoms with van der Waals surface area (Å²) >= 11 is 0. The zero-order valence-electron chi connectivity index (χ0n) is 17.4. The van der Waals surface area contributed by atoms with Crippen LogP contribution >= 0.6 is 0 Å². The van der Waals surface area contributed by atoms with E-state index in [1.54, 1.807) is 31.4 Å². The van der Waals surface area contributed by atoms with E-state index in [2.05, 4.69) is 26.5 Å². The number of methoxy groups -OCH3 is 2. The second kappa shape index (κ2) is 10.5. The predicted octanol–water partition coefficient (Wildman–Crippen LogP) is 1.58. The Morgan fingerprint density at radius 1 is 0.867 bits per heavy atom. The smallest absolute Gasteiger partial charge is 0.313 e. The minimum Gasteiger partial charge on any atom is -0.495 e. The van der Waals surface area contributed by atoms with Crippen molar-refractivity contribution in [3.8, 4) is 11.5 Å². The third-order valence-corrected chi connectivity index (χ3v) is 5.07. The highest BCUT2D eigenvalue weighted by Crippen LogP contribution is 2.28. The van der Waals surface area contributed by atoms with E-state index in [1.807, 2.05) is 18.2 Å². The molecule has 2 amide bonds. The predicted molar refractivity (Wildman–Crippen MR) is 116 cm³/mol. The molecule has 2 aromatic carbocycles. The molecule has 1 aliphatic rings. The molecule has 1 saturated heterocycles. The van der Waals surface area contributed by atoms with Crippen molar-refractivity contribution in [1.29, 1.82) is 0 Å². The summed E-state index contributed by atoms with van der Waals surface area (Å²) in [7, 11) is 3.19. The van der Waals surface area contributed by atoms with Crippen LogP contribution < -0.4 is 25.0 Å². The molecule has 2 N–H and O–H groups in total. The van der Waals surface area contributed by atoms with Gasteiger partial charge in [-0.05, 0) is 24.3 Å². The fraction of sp³-hybridized carbons (Fsp3) is 0.364. The van der Waals surface area contributed by atoms with E-state index in [0.717, 1.165) is 37.6 Å². The van der Waals surface area contributed by atoms with Crippen molar-refractivity contribution in [3.63, 3.8) is 0 Å². The maximum absolute atomic E-state index is 12.1. The van der Waals surface area contributed by atoms with Crippen molar-refractivity contribution >= 4 is 23.2 Å². The van der Waals surface area contributed by atoms with Gasteiger partial charge in [0.2, 0.25) is 0 Å². The zero-order chi connectivity index (χ0) is 21.3. The third kappa shape index (κ3) is 5.42. The molecule has 0 bridgehead atoms. The van der Waals surface area contributed by atoms with Gasteiger partial charge >= 0.3 is 11.8 Å². The lowest BCUT2D eigenvalue weighted by Gasteiger charge is -2.36. The molecule has 1 heterocycles. The Balaban J connectivity index is 1.40. The molecule has 0 atom stereocenters. The molecule has 0 radical (unpaired) electrons. The van der Waals surface area contributed by atoms with Crippen LogP contribution in [0.4, 0.5) is 11.4 Å². The van der Waals surface area contributed by atoms with Crippen LogP contribution in [0.1, 0.15) is 0 Å². The molecule has 0 spiro atoms. The van der Waals surface area contributed by atoms with E-state index in [9.17, 15) is 9.59 Å². The molecule has 0 aliphatic carbocycles. The van der Waals surface area contributed by atoms with E-state index in [0.29, 0.717) is 24.5 Å². The van der Waals surface area contributed by atoms with Crippen LogP contribution in [0.5, 0.6) is 11.5 Å². The first-order valence-corrected chi connectivity index (χ1v) is 9.95. The molecule has 8 nitrogen and oxygen atoms in total. The van der Waals surface area contributed by atoms with Gasteiger partial charge in [0.05, 0.1) is 25.6 Å². The first-order valence-electron chi connectivity index (χ1n) is 9.95. The lowest BCUT2D eigenvalue weighted by atomic mass is 10.2. The number of amides is 2. The van der Waals surface area contributed by atoms with Gasteiger partial charge in [0, 0.05) is 39.3 Å². The lowest BCUT2D eigenvalue weighted by Crippen LogP contribution is -2.49. The van der Waals surface area contributed by atoms with Crippen LogP contribution in [0, 0.1) is 0 Å². The average Bonchev–Trinajstić information content (AvgIpc) is 2.79. The minimum atomic E-state index is -0.708. The van der Waals surface area contributed by atoms with Gasteiger partial charge in [-0.3, -0.25) is 14.5 Å². The standard InChI is InChI=1S/C22H28N4O4/c1-29-19-9-5-3-7-17(19)24-22(28)21(27)23-11-12-25-13-15-26(16-14-25)18-8-4-6-10-20(18)30-2/h3-10H,11-16H2,1-2H3,(H,23,27)(H,24,28). The number of hydrogen-bond donors (Lipinski definition) is 2. The van der Waals surface area contributed by atoms with Crippen LogP contribution in [0.25, 0.3) is 0 Å². The van der Waals surface area contributed by atoms with Crippen LogP contribution in [-0.4, -0.2) is 70.2 Å². The topological polar surface area (TPSA) is 83.1 Å². The fourth-order valence-corrected chi connectivity index (χ4v) is 3.44. The van der Waals surface area contributed by atoms with Gasteiger partial charge in [-0.15, -0.1) is 0 Å². The number of anilines is 2. The number of rotatable bonds is 7. The Labute approximate surface area is 176 Å². The van der Waals surface area contributed by atoms with Gasteiger partial charge in [0.15, 0.2) is 0 Å². The molecule has 8 heteroatoms. The number of nitrogens with one attached hydrogen (secondary N) is 2. The minimum absolute atomic E-state index is 0.410. The van der Waals surface area contributed by atoms with Crippen molar-refractivity contribution in [1.82, 2.24) is 10.2 Å². The van der Waals surface area contributed by atoms with Gasteiger partial charge in [-0.1, -0.05) is 24.3 Å². The summed E-state index contributed by atoms with van der Waals surface area (Å²) in [6.07, 6.45) is 0. The number of ether oxygens (including phenoxy) is 2. The number of nitrogens with zero attached hydrogens (tertiary/aromatic N) is 2. The summed E-state index contributed by atoms with van der Waals surface area (Å²) in [5, 5.41) is 5.26. The summed E-state index contributed by atoms with van der Waals surface area (Å²) in [6, 6.07) is 15.0. The summed E-state index contributed by atoms with van der Waals surface area (Å²) in [5.41, 5.74) is 1.56. The van der Waals surface area contributed by atoms with Crippen LogP contribution in [0.3, 0.4) is 0 Å². The Bertz CT molecular complexity index is 866. The molecule has 2 aromatic rings. The van der Waals surface area contributed by atoms with E-state index in [1.165, 1.54) is 7.11 Å². The second-order valence-corrected chi connectivity index (χ2v) is 6.91. The highest BCUT2D eigenvalue weighted by atomic mass is 16.5. The van der Waals surface area contributed by atoms with E-state index >= 15 is 0 Å². The third-order valence-electron chi connectivity index (χ3n) is 5.07. The van der Waals surface area contributed by atoms with Gasteiger partial charge in [-0.2, -0.15) is 0 Å². The fourth-order valence-electron chi connectivity index (χ4n) is 3.44. The highest BCUT2D eigenvalue weighted by molar-refractivity contribution is 6.39. The Hall–Kier alpha value is -3.26. The molecular weight excluding hydrogens is 384 g/mol. The van der Waals surface area contributed by atoms with Crippen LogP contribution in [0.15, 0.2) is 48.5 Å². The molecule has 0 saturated carbocycles. The Morgan fingerprint density at radius 3 is 2.20 bits per heavy atom. The molecule has 0 unspecified atom stereocenters. The van der Waals surface area contributed by atoms with Crippen molar-refractivity contribution in [3.05, 3.63) is 48.5 Å². The van der Waals surface area contributed by atoms with Gasteiger partial charge in [0.25, 0.3) is 0 Å². The SMILES string of the molecule is COc1ccccc1NC(=O)C(=O)NCCN1CCN(c2ccccc2OC)CC1. The average molecular weight is 412 g/mol. The van der Waals surface area contributed by atoms with E-state index < -0.39 is 11.8 Å². The summed E-state index contributed by atoms with van der Waals surface area (Å²) in [4.78, 5) is 28.8. The molecule has 30 heavy (non-hydrogen) atoms. The summed E-state index contributed by atoms with van der Waals surface area (Å²) in [5.74, 6) is 0.0138. The summed E-state index contributed by atoms with van der Waals surface area (Å²) in [6.45, 7) is 4.61. The first kappa shape index (κ1) is 21.4.